The lowest BCUT2D eigenvalue weighted by molar-refractivity contribution is 0.852. The minimum atomic E-state index is 0.437. The minimum absolute atomic E-state index is 0.437. The summed E-state index contributed by atoms with van der Waals surface area (Å²) in [6.07, 6.45) is 2.09. The van der Waals surface area contributed by atoms with Crippen molar-refractivity contribution < 1.29 is 0 Å². The average Bonchev–Trinajstić information content (AvgIpc) is 2.36. The van der Waals surface area contributed by atoms with Crippen LogP contribution in [0, 0.1) is 0 Å². The largest absolute Gasteiger partial charge is 0.358 e. The van der Waals surface area contributed by atoms with Crippen LogP contribution in [0.2, 0.25) is 0 Å². The highest BCUT2D eigenvalue weighted by Gasteiger charge is 2.02. The molecule has 0 saturated heterocycles. The highest BCUT2D eigenvalue weighted by Crippen LogP contribution is 2.12. The van der Waals surface area contributed by atoms with E-state index >= 15 is 0 Å². The van der Waals surface area contributed by atoms with Crippen LogP contribution in [0.5, 0.6) is 0 Å². The molecule has 1 heterocycles. The van der Waals surface area contributed by atoms with Crippen molar-refractivity contribution in [1.29, 1.82) is 0 Å². The standard InChI is InChI=1S/C8H15N3S/c1-4-5-7-10-8(12-11-7)9-6(2)3/h6H,4-5H2,1-3H3,(H,9,10,11). The first kappa shape index (κ1) is 9.45. The molecule has 0 fully saturated rings. The zero-order valence-corrected chi connectivity index (χ0v) is 8.61. The number of nitrogens with zero attached hydrogens (tertiary/aromatic N) is 2. The molecule has 0 saturated carbocycles. The van der Waals surface area contributed by atoms with Gasteiger partial charge in [-0.1, -0.05) is 6.92 Å². The first-order valence-electron chi connectivity index (χ1n) is 4.31. The molecule has 0 unspecified atom stereocenters. The van der Waals surface area contributed by atoms with E-state index in [1.807, 2.05) is 0 Å². The predicted molar refractivity (Wildman–Crippen MR) is 52.7 cm³/mol. The molecule has 0 radical (unpaired) electrons. The Kier molecular flexibility index (Phi) is 3.47. The van der Waals surface area contributed by atoms with Crippen molar-refractivity contribution in [2.45, 2.75) is 39.7 Å². The molecular weight excluding hydrogens is 170 g/mol. The fraction of sp³-hybridized carbons (Fsp3) is 0.750. The summed E-state index contributed by atoms with van der Waals surface area (Å²) in [5.74, 6) is 0.964. The van der Waals surface area contributed by atoms with E-state index in [9.17, 15) is 0 Å². The summed E-state index contributed by atoms with van der Waals surface area (Å²) in [7, 11) is 0. The Labute approximate surface area is 77.4 Å². The lowest BCUT2D eigenvalue weighted by Crippen LogP contribution is -2.09. The van der Waals surface area contributed by atoms with Gasteiger partial charge in [0.1, 0.15) is 5.82 Å². The molecule has 0 aliphatic heterocycles. The third-order valence-corrected chi connectivity index (χ3v) is 2.04. The minimum Gasteiger partial charge on any atom is -0.358 e. The van der Waals surface area contributed by atoms with Crippen LogP contribution in [-0.2, 0) is 6.42 Å². The van der Waals surface area contributed by atoms with Crippen LogP contribution in [0.25, 0.3) is 0 Å². The SMILES string of the molecule is CCCc1nsc(NC(C)C)n1. The Morgan fingerprint density at radius 2 is 2.25 bits per heavy atom. The molecule has 0 atom stereocenters. The molecule has 0 amide bonds. The molecule has 0 bridgehead atoms. The zero-order valence-electron chi connectivity index (χ0n) is 7.79. The monoisotopic (exact) mass is 185 g/mol. The molecule has 0 aliphatic rings. The third-order valence-electron chi connectivity index (χ3n) is 1.35. The van der Waals surface area contributed by atoms with E-state index in [-0.39, 0.29) is 0 Å². The first-order chi connectivity index (χ1) is 5.72. The van der Waals surface area contributed by atoms with Gasteiger partial charge in [-0.15, -0.1) is 0 Å². The maximum Gasteiger partial charge on any atom is 0.202 e. The number of hydrogen-bond donors (Lipinski definition) is 1. The quantitative estimate of drug-likeness (QED) is 0.782. The van der Waals surface area contributed by atoms with Gasteiger partial charge in [0.15, 0.2) is 0 Å². The Morgan fingerprint density at radius 3 is 2.83 bits per heavy atom. The van der Waals surface area contributed by atoms with Crippen molar-refractivity contribution >= 4 is 16.7 Å². The molecule has 1 N–H and O–H groups in total. The van der Waals surface area contributed by atoms with E-state index < -0.39 is 0 Å². The molecular formula is C8H15N3S. The van der Waals surface area contributed by atoms with Gasteiger partial charge in [-0.2, -0.15) is 4.37 Å². The fourth-order valence-corrected chi connectivity index (χ4v) is 1.64. The molecule has 1 aromatic heterocycles. The molecule has 12 heavy (non-hydrogen) atoms. The molecule has 1 rings (SSSR count). The maximum atomic E-state index is 4.34. The molecule has 0 aliphatic carbocycles. The Hall–Kier alpha value is -0.640. The summed E-state index contributed by atoms with van der Waals surface area (Å²) >= 11 is 1.45. The van der Waals surface area contributed by atoms with E-state index in [1.165, 1.54) is 11.5 Å². The summed E-state index contributed by atoms with van der Waals surface area (Å²) < 4.78 is 4.23. The molecule has 3 nitrogen and oxygen atoms in total. The van der Waals surface area contributed by atoms with Crippen molar-refractivity contribution in [3.63, 3.8) is 0 Å². The zero-order chi connectivity index (χ0) is 8.97. The smallest absolute Gasteiger partial charge is 0.202 e. The van der Waals surface area contributed by atoms with E-state index in [1.54, 1.807) is 0 Å². The number of aromatic nitrogens is 2. The average molecular weight is 185 g/mol. The van der Waals surface area contributed by atoms with Gasteiger partial charge in [0.05, 0.1) is 0 Å². The van der Waals surface area contributed by atoms with Gasteiger partial charge in [0.2, 0.25) is 5.13 Å². The Balaban J connectivity index is 2.52. The molecule has 0 spiro atoms. The molecule has 4 heteroatoms. The third kappa shape index (κ3) is 2.77. The van der Waals surface area contributed by atoms with Crippen LogP contribution in [0.3, 0.4) is 0 Å². The van der Waals surface area contributed by atoms with Crippen LogP contribution in [0.1, 0.15) is 33.0 Å². The summed E-state index contributed by atoms with van der Waals surface area (Å²) in [4.78, 5) is 4.34. The fourth-order valence-electron chi connectivity index (χ4n) is 0.885. The highest BCUT2D eigenvalue weighted by atomic mass is 32.1. The van der Waals surface area contributed by atoms with Gasteiger partial charge < -0.3 is 5.32 Å². The second kappa shape index (κ2) is 4.40. The van der Waals surface area contributed by atoms with Crippen LogP contribution in [-0.4, -0.2) is 15.4 Å². The lowest BCUT2D eigenvalue weighted by atomic mass is 10.3. The first-order valence-corrected chi connectivity index (χ1v) is 5.08. The molecule has 0 aromatic carbocycles. The van der Waals surface area contributed by atoms with E-state index in [4.69, 9.17) is 0 Å². The van der Waals surface area contributed by atoms with Crippen molar-refractivity contribution in [3.8, 4) is 0 Å². The van der Waals surface area contributed by atoms with E-state index in [0.717, 1.165) is 23.8 Å². The second-order valence-electron chi connectivity index (χ2n) is 3.06. The van der Waals surface area contributed by atoms with Gasteiger partial charge in [0, 0.05) is 24.0 Å². The highest BCUT2D eigenvalue weighted by molar-refractivity contribution is 7.09. The van der Waals surface area contributed by atoms with Gasteiger partial charge in [-0.05, 0) is 20.3 Å². The topological polar surface area (TPSA) is 37.8 Å². The number of rotatable bonds is 4. The number of hydrogen-bond acceptors (Lipinski definition) is 4. The van der Waals surface area contributed by atoms with Gasteiger partial charge in [-0.3, -0.25) is 0 Å². The molecule has 1 aromatic rings. The summed E-state index contributed by atoms with van der Waals surface area (Å²) in [6.45, 7) is 6.33. The summed E-state index contributed by atoms with van der Waals surface area (Å²) in [5.41, 5.74) is 0. The maximum absolute atomic E-state index is 4.34. The number of aryl methyl sites for hydroxylation is 1. The van der Waals surface area contributed by atoms with Crippen LogP contribution < -0.4 is 5.32 Å². The second-order valence-corrected chi connectivity index (χ2v) is 3.82. The van der Waals surface area contributed by atoms with Crippen LogP contribution >= 0.6 is 11.5 Å². The summed E-state index contributed by atoms with van der Waals surface area (Å²) in [6, 6.07) is 0.437. The van der Waals surface area contributed by atoms with E-state index in [0.29, 0.717) is 6.04 Å². The van der Waals surface area contributed by atoms with Crippen molar-refractivity contribution in [2.75, 3.05) is 5.32 Å². The number of anilines is 1. The number of nitrogens with one attached hydrogen (secondary N) is 1. The van der Waals surface area contributed by atoms with Crippen molar-refractivity contribution in [3.05, 3.63) is 5.82 Å². The van der Waals surface area contributed by atoms with Gasteiger partial charge in [0.25, 0.3) is 0 Å². The molecule has 68 valence electrons. The van der Waals surface area contributed by atoms with Gasteiger partial charge >= 0.3 is 0 Å². The summed E-state index contributed by atoms with van der Waals surface area (Å²) in [5, 5.41) is 4.17. The Morgan fingerprint density at radius 1 is 1.50 bits per heavy atom. The van der Waals surface area contributed by atoms with Crippen molar-refractivity contribution in [2.24, 2.45) is 0 Å². The van der Waals surface area contributed by atoms with Crippen LogP contribution in [0.15, 0.2) is 0 Å². The Bertz CT molecular complexity index is 232. The van der Waals surface area contributed by atoms with Crippen molar-refractivity contribution in [1.82, 2.24) is 9.36 Å². The van der Waals surface area contributed by atoms with E-state index in [2.05, 4.69) is 35.4 Å². The lowest BCUT2D eigenvalue weighted by Gasteiger charge is -2.03. The van der Waals surface area contributed by atoms with Gasteiger partial charge in [-0.25, -0.2) is 4.98 Å². The normalized spacial score (nSPS) is 10.7. The predicted octanol–water partition coefficient (Wildman–Crippen LogP) is 2.31. The van der Waals surface area contributed by atoms with Crippen LogP contribution in [0.4, 0.5) is 5.13 Å².